The van der Waals surface area contributed by atoms with Gasteiger partial charge in [-0.2, -0.15) is 5.10 Å². The standard InChI is InChI=1S/C21H18N4O3/c1-13(28-16-11-10-14-6-2-3-7-15(14)12-16)20(26)24-25-21(27)19-17-8-4-5-9-18(17)22-23-19/h2-13H,1H3,(H,22,23)(H,24,26)(H,25,27). The molecule has 7 nitrogen and oxygen atoms in total. The maximum Gasteiger partial charge on any atom is 0.290 e. The Labute approximate surface area is 160 Å². The molecule has 140 valence electrons. The molecule has 0 radical (unpaired) electrons. The molecule has 1 atom stereocenters. The van der Waals surface area contributed by atoms with E-state index in [4.69, 9.17) is 4.74 Å². The van der Waals surface area contributed by atoms with Crippen LogP contribution < -0.4 is 15.6 Å². The number of hydrazine groups is 1. The van der Waals surface area contributed by atoms with Crippen LogP contribution in [0.4, 0.5) is 0 Å². The van der Waals surface area contributed by atoms with Crippen molar-refractivity contribution < 1.29 is 14.3 Å². The van der Waals surface area contributed by atoms with Crippen molar-refractivity contribution in [3.63, 3.8) is 0 Å². The summed E-state index contributed by atoms with van der Waals surface area (Å²) in [5.74, 6) is -0.406. The maximum atomic E-state index is 12.3. The molecule has 1 unspecified atom stereocenters. The van der Waals surface area contributed by atoms with Gasteiger partial charge in [0.1, 0.15) is 5.75 Å². The first-order valence-corrected chi connectivity index (χ1v) is 8.80. The number of hydrogen-bond acceptors (Lipinski definition) is 4. The Balaban J connectivity index is 1.38. The van der Waals surface area contributed by atoms with Crippen LogP contribution in [0.25, 0.3) is 21.7 Å². The highest BCUT2D eigenvalue weighted by atomic mass is 16.5. The Hall–Kier alpha value is -3.87. The number of carbonyl (C=O) groups is 2. The molecule has 0 aliphatic rings. The third kappa shape index (κ3) is 3.50. The van der Waals surface area contributed by atoms with E-state index in [1.165, 1.54) is 0 Å². The lowest BCUT2D eigenvalue weighted by atomic mass is 10.1. The van der Waals surface area contributed by atoms with Crippen molar-refractivity contribution in [1.29, 1.82) is 0 Å². The number of aromatic nitrogens is 2. The lowest BCUT2D eigenvalue weighted by molar-refractivity contribution is -0.128. The number of hydrogen-bond donors (Lipinski definition) is 3. The number of para-hydroxylation sites is 1. The summed E-state index contributed by atoms with van der Waals surface area (Å²) in [7, 11) is 0. The van der Waals surface area contributed by atoms with Crippen LogP contribution in [-0.4, -0.2) is 28.1 Å². The average Bonchev–Trinajstić information content (AvgIpc) is 3.16. The van der Waals surface area contributed by atoms with Crippen LogP contribution in [0.1, 0.15) is 17.4 Å². The van der Waals surface area contributed by atoms with Crippen molar-refractivity contribution in [2.24, 2.45) is 0 Å². The second kappa shape index (κ2) is 7.40. The van der Waals surface area contributed by atoms with Gasteiger partial charge in [-0.15, -0.1) is 0 Å². The number of H-pyrrole nitrogens is 1. The van der Waals surface area contributed by atoms with E-state index in [0.717, 1.165) is 16.3 Å². The molecule has 4 aromatic rings. The summed E-state index contributed by atoms with van der Waals surface area (Å²) < 4.78 is 5.69. The fourth-order valence-corrected chi connectivity index (χ4v) is 2.91. The van der Waals surface area contributed by atoms with Gasteiger partial charge < -0.3 is 4.74 Å². The van der Waals surface area contributed by atoms with Gasteiger partial charge in [0.2, 0.25) is 0 Å². The molecule has 1 heterocycles. The van der Waals surface area contributed by atoms with Crippen LogP contribution in [0.15, 0.2) is 66.7 Å². The SMILES string of the molecule is CC(Oc1ccc2ccccc2c1)C(=O)NNC(=O)c1n[nH]c2ccccc12. The van der Waals surface area contributed by atoms with Crippen LogP contribution in [0.2, 0.25) is 0 Å². The number of nitrogens with zero attached hydrogens (tertiary/aromatic N) is 1. The Bertz CT molecular complexity index is 1170. The molecule has 28 heavy (non-hydrogen) atoms. The first-order chi connectivity index (χ1) is 13.6. The molecule has 3 N–H and O–H groups in total. The average molecular weight is 374 g/mol. The second-order valence-corrected chi connectivity index (χ2v) is 6.33. The Morgan fingerprint density at radius 2 is 1.71 bits per heavy atom. The zero-order valence-electron chi connectivity index (χ0n) is 15.1. The summed E-state index contributed by atoms with van der Waals surface area (Å²) in [4.78, 5) is 24.6. The molecule has 0 fully saturated rings. The van der Waals surface area contributed by atoms with Crippen LogP contribution in [-0.2, 0) is 4.79 Å². The molecular weight excluding hydrogens is 356 g/mol. The molecule has 0 aliphatic carbocycles. The Morgan fingerprint density at radius 1 is 0.964 bits per heavy atom. The highest BCUT2D eigenvalue weighted by Gasteiger charge is 2.18. The summed E-state index contributed by atoms with van der Waals surface area (Å²) >= 11 is 0. The van der Waals surface area contributed by atoms with Gasteiger partial charge in [0.15, 0.2) is 11.8 Å². The van der Waals surface area contributed by atoms with E-state index < -0.39 is 17.9 Å². The van der Waals surface area contributed by atoms with Gasteiger partial charge in [-0.25, -0.2) is 0 Å². The zero-order valence-corrected chi connectivity index (χ0v) is 15.1. The van der Waals surface area contributed by atoms with Gasteiger partial charge in [-0.1, -0.05) is 48.5 Å². The minimum absolute atomic E-state index is 0.207. The third-order valence-corrected chi connectivity index (χ3v) is 4.39. The van der Waals surface area contributed by atoms with E-state index in [1.54, 1.807) is 19.1 Å². The van der Waals surface area contributed by atoms with Crippen LogP contribution in [0.3, 0.4) is 0 Å². The Kier molecular flexibility index (Phi) is 4.63. The molecule has 4 rings (SSSR count). The predicted octanol–water partition coefficient (Wildman–Crippen LogP) is 2.94. The number of benzene rings is 3. The summed E-state index contributed by atoms with van der Waals surface area (Å²) in [6.45, 7) is 1.61. The highest BCUT2D eigenvalue weighted by Crippen LogP contribution is 2.21. The number of aromatic amines is 1. The fourth-order valence-electron chi connectivity index (χ4n) is 2.91. The molecule has 0 spiro atoms. The normalized spacial score (nSPS) is 11.9. The summed E-state index contributed by atoms with van der Waals surface area (Å²) in [5.41, 5.74) is 5.70. The van der Waals surface area contributed by atoms with Crippen molar-refractivity contribution in [1.82, 2.24) is 21.0 Å². The van der Waals surface area contributed by atoms with E-state index >= 15 is 0 Å². The third-order valence-electron chi connectivity index (χ3n) is 4.39. The summed E-state index contributed by atoms with van der Waals surface area (Å²) in [6, 6.07) is 20.7. The van der Waals surface area contributed by atoms with E-state index in [-0.39, 0.29) is 5.69 Å². The molecule has 2 amide bonds. The lowest BCUT2D eigenvalue weighted by Crippen LogP contribution is -2.47. The van der Waals surface area contributed by atoms with Gasteiger partial charge in [-0.05, 0) is 35.9 Å². The number of nitrogens with one attached hydrogen (secondary N) is 3. The summed E-state index contributed by atoms with van der Waals surface area (Å²) in [5, 5.41) is 9.56. The van der Waals surface area contributed by atoms with Crippen molar-refractivity contribution in [2.45, 2.75) is 13.0 Å². The minimum atomic E-state index is -0.794. The van der Waals surface area contributed by atoms with E-state index in [9.17, 15) is 9.59 Å². The molecule has 7 heteroatoms. The van der Waals surface area contributed by atoms with Crippen LogP contribution >= 0.6 is 0 Å². The van der Waals surface area contributed by atoms with Crippen molar-refractivity contribution in [3.05, 3.63) is 72.4 Å². The maximum absolute atomic E-state index is 12.3. The molecule has 1 aromatic heterocycles. The quantitative estimate of drug-likeness (QED) is 0.479. The van der Waals surface area contributed by atoms with Crippen LogP contribution in [0.5, 0.6) is 5.75 Å². The van der Waals surface area contributed by atoms with Gasteiger partial charge in [0.25, 0.3) is 11.8 Å². The predicted molar refractivity (Wildman–Crippen MR) is 106 cm³/mol. The number of ether oxygens (including phenoxy) is 1. The number of carbonyl (C=O) groups excluding carboxylic acids is 2. The van der Waals surface area contributed by atoms with Gasteiger partial charge in [0, 0.05) is 5.39 Å². The van der Waals surface area contributed by atoms with Crippen molar-refractivity contribution in [2.75, 3.05) is 0 Å². The van der Waals surface area contributed by atoms with E-state index in [0.29, 0.717) is 11.1 Å². The largest absolute Gasteiger partial charge is 0.481 e. The van der Waals surface area contributed by atoms with Gasteiger partial charge >= 0.3 is 0 Å². The van der Waals surface area contributed by atoms with Gasteiger partial charge in [-0.3, -0.25) is 25.5 Å². The Morgan fingerprint density at radius 3 is 2.57 bits per heavy atom. The first kappa shape index (κ1) is 17.5. The number of rotatable bonds is 4. The molecular formula is C21H18N4O3. The minimum Gasteiger partial charge on any atom is -0.481 e. The number of amides is 2. The molecule has 0 saturated heterocycles. The second-order valence-electron chi connectivity index (χ2n) is 6.33. The number of fused-ring (bicyclic) bond motifs is 2. The fraction of sp³-hybridized carbons (Fsp3) is 0.0952. The van der Waals surface area contributed by atoms with E-state index in [2.05, 4.69) is 21.0 Å². The molecule has 3 aromatic carbocycles. The monoisotopic (exact) mass is 374 g/mol. The van der Waals surface area contributed by atoms with Crippen molar-refractivity contribution in [3.8, 4) is 5.75 Å². The van der Waals surface area contributed by atoms with Crippen molar-refractivity contribution >= 4 is 33.5 Å². The summed E-state index contributed by atoms with van der Waals surface area (Å²) in [6.07, 6.45) is -0.794. The molecule has 0 saturated carbocycles. The topological polar surface area (TPSA) is 96.1 Å². The van der Waals surface area contributed by atoms with E-state index in [1.807, 2.05) is 54.6 Å². The first-order valence-electron chi connectivity index (χ1n) is 8.80. The molecule has 0 aliphatic heterocycles. The highest BCUT2D eigenvalue weighted by molar-refractivity contribution is 6.05. The molecule has 0 bridgehead atoms. The lowest BCUT2D eigenvalue weighted by Gasteiger charge is -2.15. The smallest absolute Gasteiger partial charge is 0.290 e. The van der Waals surface area contributed by atoms with Gasteiger partial charge in [0.05, 0.1) is 5.52 Å². The van der Waals surface area contributed by atoms with Crippen LogP contribution in [0, 0.1) is 0 Å². The zero-order chi connectivity index (χ0) is 19.5.